The Labute approximate surface area is 123 Å². The summed E-state index contributed by atoms with van der Waals surface area (Å²) in [6.07, 6.45) is 1.90. The quantitative estimate of drug-likeness (QED) is 0.868. The first-order valence-electron chi connectivity index (χ1n) is 6.87. The topological polar surface area (TPSA) is 28.2 Å². The van der Waals surface area contributed by atoms with Crippen molar-refractivity contribution < 1.29 is 4.39 Å². The minimum absolute atomic E-state index is 0.223. The van der Waals surface area contributed by atoms with Crippen molar-refractivity contribution in [3.8, 4) is 0 Å². The molecule has 1 heterocycles. The Hall–Kier alpha value is -1.46. The number of halogens is 1. The van der Waals surface area contributed by atoms with Gasteiger partial charge in [0.1, 0.15) is 5.82 Å². The van der Waals surface area contributed by atoms with Crippen molar-refractivity contribution in [3.63, 3.8) is 0 Å². The first-order chi connectivity index (χ1) is 9.65. The Kier molecular flexibility index (Phi) is 5.09. The van der Waals surface area contributed by atoms with Gasteiger partial charge in [0, 0.05) is 29.3 Å². The summed E-state index contributed by atoms with van der Waals surface area (Å²) in [6, 6.07) is 6.91. The Morgan fingerprint density at radius 2 is 2.20 bits per heavy atom. The third-order valence-electron chi connectivity index (χ3n) is 3.12. The van der Waals surface area contributed by atoms with Gasteiger partial charge in [-0.25, -0.2) is 9.37 Å². The number of thiazole rings is 1. The summed E-state index contributed by atoms with van der Waals surface area (Å²) < 4.78 is 13.4. The Balaban J connectivity index is 2.24. The third kappa shape index (κ3) is 3.35. The summed E-state index contributed by atoms with van der Waals surface area (Å²) in [5, 5.41) is 4.27. The van der Waals surface area contributed by atoms with E-state index in [9.17, 15) is 4.39 Å². The first-order valence-corrected chi connectivity index (χ1v) is 7.69. The lowest BCUT2D eigenvalue weighted by molar-refractivity contribution is 0.606. The molecule has 0 aliphatic carbocycles. The molecule has 2 aromatic rings. The summed E-state index contributed by atoms with van der Waals surface area (Å²) >= 11 is 1.64. The van der Waals surface area contributed by atoms with Crippen LogP contribution in [0.2, 0.25) is 0 Å². The fourth-order valence-electron chi connectivity index (χ4n) is 2.08. The lowest BCUT2D eigenvalue weighted by Crippen LogP contribution is -2.16. The Bertz CT molecular complexity index is 556. The van der Waals surface area contributed by atoms with Crippen molar-refractivity contribution in [1.82, 2.24) is 10.3 Å². The second-order valence-corrected chi connectivity index (χ2v) is 5.59. The summed E-state index contributed by atoms with van der Waals surface area (Å²) in [6.45, 7) is 7.93. The molecule has 1 aromatic heterocycles. The Morgan fingerprint density at radius 3 is 2.85 bits per heavy atom. The lowest BCUT2D eigenvalue weighted by Gasteiger charge is -2.20. The fraction of sp³-hybridized carbons (Fsp3) is 0.400. The van der Waals surface area contributed by atoms with Gasteiger partial charge >= 0.3 is 0 Å². The van der Waals surface area contributed by atoms with Gasteiger partial charge in [0.05, 0.1) is 0 Å². The van der Waals surface area contributed by atoms with Gasteiger partial charge in [-0.3, -0.25) is 0 Å². The van der Waals surface area contributed by atoms with Crippen molar-refractivity contribution in [1.29, 1.82) is 0 Å². The molecule has 5 heteroatoms. The van der Waals surface area contributed by atoms with E-state index in [0.29, 0.717) is 0 Å². The predicted octanol–water partition coefficient (Wildman–Crippen LogP) is 4.11. The number of nitrogens with zero attached hydrogens (tertiary/aromatic N) is 2. The van der Waals surface area contributed by atoms with Gasteiger partial charge in [0.2, 0.25) is 0 Å². The maximum atomic E-state index is 13.4. The molecule has 2 rings (SSSR count). The number of aromatic nitrogens is 1. The zero-order valence-electron chi connectivity index (χ0n) is 12.1. The second-order valence-electron chi connectivity index (χ2n) is 4.55. The van der Waals surface area contributed by atoms with Crippen LogP contribution in [-0.2, 0) is 0 Å². The summed E-state index contributed by atoms with van der Waals surface area (Å²) in [4.78, 5) is 7.69. The first kappa shape index (κ1) is 14.9. The van der Waals surface area contributed by atoms with E-state index >= 15 is 0 Å². The third-order valence-corrected chi connectivity index (χ3v) is 4.32. The van der Waals surface area contributed by atoms with Crippen LogP contribution in [0.25, 0.3) is 0 Å². The van der Waals surface area contributed by atoms with E-state index in [2.05, 4.69) is 24.1 Å². The molecule has 0 aliphatic rings. The molecule has 1 unspecified atom stereocenters. The van der Waals surface area contributed by atoms with Crippen molar-refractivity contribution in [2.24, 2.45) is 0 Å². The van der Waals surface area contributed by atoms with Crippen molar-refractivity contribution >= 4 is 22.2 Å². The highest BCUT2D eigenvalue weighted by molar-refractivity contribution is 7.15. The predicted molar refractivity (Wildman–Crippen MR) is 83.3 cm³/mol. The van der Waals surface area contributed by atoms with Gasteiger partial charge in [-0.2, -0.15) is 0 Å². The van der Waals surface area contributed by atoms with Crippen LogP contribution in [0.3, 0.4) is 0 Å². The van der Waals surface area contributed by atoms with E-state index in [1.165, 1.54) is 17.0 Å². The highest BCUT2D eigenvalue weighted by atomic mass is 32.1. The van der Waals surface area contributed by atoms with Crippen LogP contribution in [-0.4, -0.2) is 18.1 Å². The number of benzene rings is 1. The lowest BCUT2D eigenvalue weighted by atomic mass is 10.3. The Morgan fingerprint density at radius 1 is 1.40 bits per heavy atom. The molecular weight excluding hydrogens is 273 g/mol. The van der Waals surface area contributed by atoms with Crippen molar-refractivity contribution in [2.45, 2.75) is 26.8 Å². The number of anilines is 2. The van der Waals surface area contributed by atoms with E-state index in [1.807, 2.05) is 24.1 Å². The zero-order valence-corrected chi connectivity index (χ0v) is 12.9. The molecule has 0 aliphatic heterocycles. The normalized spacial score (nSPS) is 12.4. The van der Waals surface area contributed by atoms with Crippen molar-refractivity contribution in [2.75, 3.05) is 18.0 Å². The minimum Gasteiger partial charge on any atom is -0.318 e. The smallest absolute Gasteiger partial charge is 0.190 e. The van der Waals surface area contributed by atoms with Gasteiger partial charge < -0.3 is 10.2 Å². The molecule has 0 amide bonds. The van der Waals surface area contributed by atoms with E-state index in [4.69, 9.17) is 0 Å². The standard InChI is InChI=1S/C15H20FN3S/c1-4-17-11(3)14-10-18-15(20-14)19(5-2)13-8-6-7-12(16)9-13/h6-11,17H,4-5H2,1-3H3. The van der Waals surface area contributed by atoms with E-state index in [1.54, 1.807) is 17.4 Å². The molecular formula is C15H20FN3S. The van der Waals surface area contributed by atoms with Gasteiger partial charge in [0.25, 0.3) is 0 Å². The van der Waals surface area contributed by atoms with Gasteiger partial charge in [0.15, 0.2) is 5.13 Å². The summed E-state index contributed by atoms with van der Waals surface area (Å²) in [5.74, 6) is -0.223. The van der Waals surface area contributed by atoms with Gasteiger partial charge in [-0.15, -0.1) is 0 Å². The van der Waals surface area contributed by atoms with E-state index in [0.717, 1.165) is 23.9 Å². The number of hydrogen-bond acceptors (Lipinski definition) is 4. The van der Waals surface area contributed by atoms with Crippen LogP contribution in [0.1, 0.15) is 31.7 Å². The van der Waals surface area contributed by atoms with Crippen LogP contribution in [0, 0.1) is 5.82 Å². The number of rotatable bonds is 6. The van der Waals surface area contributed by atoms with Crippen LogP contribution >= 0.6 is 11.3 Å². The highest BCUT2D eigenvalue weighted by Gasteiger charge is 2.14. The fourth-order valence-corrected chi connectivity index (χ4v) is 3.11. The summed E-state index contributed by atoms with van der Waals surface area (Å²) in [7, 11) is 0. The van der Waals surface area contributed by atoms with E-state index in [-0.39, 0.29) is 11.9 Å². The average molecular weight is 293 g/mol. The molecule has 0 saturated carbocycles. The molecule has 0 radical (unpaired) electrons. The molecule has 0 fully saturated rings. The molecule has 108 valence electrons. The largest absolute Gasteiger partial charge is 0.318 e. The monoisotopic (exact) mass is 293 g/mol. The molecule has 1 N–H and O–H groups in total. The SMILES string of the molecule is CCNC(C)c1cnc(N(CC)c2cccc(F)c2)s1. The van der Waals surface area contributed by atoms with Crippen LogP contribution in [0.15, 0.2) is 30.5 Å². The number of hydrogen-bond donors (Lipinski definition) is 1. The van der Waals surface area contributed by atoms with Crippen molar-refractivity contribution in [3.05, 3.63) is 41.2 Å². The molecule has 0 saturated heterocycles. The molecule has 1 atom stereocenters. The molecule has 0 spiro atoms. The average Bonchev–Trinajstić information content (AvgIpc) is 2.90. The second kappa shape index (κ2) is 6.81. The molecule has 3 nitrogen and oxygen atoms in total. The molecule has 1 aromatic carbocycles. The maximum absolute atomic E-state index is 13.4. The zero-order chi connectivity index (χ0) is 14.5. The highest BCUT2D eigenvalue weighted by Crippen LogP contribution is 2.32. The van der Waals surface area contributed by atoms with Gasteiger partial charge in [-0.05, 0) is 38.6 Å². The summed E-state index contributed by atoms with van der Waals surface area (Å²) in [5.41, 5.74) is 0.838. The molecule has 0 bridgehead atoms. The van der Waals surface area contributed by atoms with Crippen LogP contribution in [0.5, 0.6) is 0 Å². The maximum Gasteiger partial charge on any atom is 0.190 e. The number of nitrogens with one attached hydrogen (secondary N) is 1. The minimum atomic E-state index is -0.223. The van der Waals surface area contributed by atoms with Crippen LogP contribution < -0.4 is 10.2 Å². The van der Waals surface area contributed by atoms with Crippen LogP contribution in [0.4, 0.5) is 15.2 Å². The molecule has 20 heavy (non-hydrogen) atoms. The van der Waals surface area contributed by atoms with Gasteiger partial charge in [-0.1, -0.05) is 24.3 Å². The van der Waals surface area contributed by atoms with E-state index < -0.39 is 0 Å².